The Morgan fingerprint density at radius 3 is 2.65 bits per heavy atom. The van der Waals surface area contributed by atoms with Gasteiger partial charge in [-0.1, -0.05) is 25.5 Å². The largest absolute Gasteiger partial charge is 0.383 e. The minimum absolute atomic E-state index is 0.272. The Labute approximate surface area is 119 Å². The van der Waals surface area contributed by atoms with Crippen molar-refractivity contribution >= 4 is 5.82 Å². The van der Waals surface area contributed by atoms with Crippen molar-refractivity contribution in [3.05, 3.63) is 35.4 Å². The Kier molecular flexibility index (Phi) is 4.42. The van der Waals surface area contributed by atoms with Crippen LogP contribution in [-0.4, -0.2) is 9.55 Å². The van der Waals surface area contributed by atoms with Crippen molar-refractivity contribution in [2.45, 2.75) is 46.6 Å². The van der Waals surface area contributed by atoms with Gasteiger partial charge in [0, 0.05) is 18.5 Å². The van der Waals surface area contributed by atoms with E-state index in [1.165, 1.54) is 6.07 Å². The van der Waals surface area contributed by atoms with Crippen molar-refractivity contribution in [2.24, 2.45) is 0 Å². The lowest BCUT2D eigenvalue weighted by Crippen LogP contribution is -2.06. The maximum atomic E-state index is 14.0. The Hall–Kier alpha value is -1.84. The number of nitrogens with two attached hydrogens (primary N) is 1. The summed E-state index contributed by atoms with van der Waals surface area (Å²) in [5, 5.41) is 0. The van der Waals surface area contributed by atoms with E-state index in [4.69, 9.17) is 5.73 Å². The van der Waals surface area contributed by atoms with Gasteiger partial charge in [-0.3, -0.25) is 0 Å². The van der Waals surface area contributed by atoms with Gasteiger partial charge in [0.2, 0.25) is 0 Å². The minimum atomic E-state index is -0.272. The highest BCUT2D eigenvalue weighted by Crippen LogP contribution is 2.30. The van der Waals surface area contributed by atoms with Gasteiger partial charge < -0.3 is 10.3 Å². The van der Waals surface area contributed by atoms with E-state index in [0.29, 0.717) is 17.1 Å². The summed E-state index contributed by atoms with van der Waals surface area (Å²) in [4.78, 5) is 4.59. The molecule has 1 aromatic carbocycles. The lowest BCUT2D eigenvalue weighted by molar-refractivity contribution is 0.630. The smallest absolute Gasteiger partial charge is 0.132 e. The van der Waals surface area contributed by atoms with Crippen LogP contribution in [0.2, 0.25) is 0 Å². The summed E-state index contributed by atoms with van der Waals surface area (Å²) < 4.78 is 16.1. The number of aromatic nitrogens is 2. The van der Waals surface area contributed by atoms with E-state index < -0.39 is 0 Å². The van der Waals surface area contributed by atoms with Crippen molar-refractivity contribution < 1.29 is 4.39 Å². The van der Waals surface area contributed by atoms with Crippen LogP contribution in [-0.2, 0) is 13.0 Å². The molecule has 0 aliphatic rings. The molecule has 0 atom stereocenters. The second-order valence-corrected chi connectivity index (χ2v) is 5.15. The quantitative estimate of drug-likeness (QED) is 0.898. The first-order valence-corrected chi connectivity index (χ1v) is 7.19. The van der Waals surface area contributed by atoms with Crippen LogP contribution in [0.25, 0.3) is 11.3 Å². The Bertz CT molecular complexity index is 602. The highest BCUT2D eigenvalue weighted by Gasteiger charge is 2.18. The van der Waals surface area contributed by atoms with E-state index in [9.17, 15) is 4.39 Å². The van der Waals surface area contributed by atoms with Crippen molar-refractivity contribution in [1.82, 2.24) is 9.55 Å². The van der Waals surface area contributed by atoms with E-state index in [1.807, 2.05) is 11.5 Å². The van der Waals surface area contributed by atoms with E-state index in [0.717, 1.165) is 37.2 Å². The number of nitrogens with zero attached hydrogens (tertiary/aromatic N) is 2. The molecular weight excluding hydrogens is 253 g/mol. The van der Waals surface area contributed by atoms with Crippen LogP contribution in [0.4, 0.5) is 10.2 Å². The van der Waals surface area contributed by atoms with E-state index in [1.54, 1.807) is 12.1 Å². The van der Waals surface area contributed by atoms with Gasteiger partial charge in [-0.05, 0) is 31.9 Å². The molecule has 0 spiro atoms. The zero-order valence-electron chi connectivity index (χ0n) is 12.4. The Balaban J connectivity index is 2.56. The Morgan fingerprint density at radius 1 is 1.25 bits per heavy atom. The molecule has 0 bridgehead atoms. The van der Waals surface area contributed by atoms with Crippen LogP contribution in [0.15, 0.2) is 18.2 Å². The van der Waals surface area contributed by atoms with Gasteiger partial charge in [0.15, 0.2) is 0 Å². The molecule has 2 N–H and O–H groups in total. The molecule has 108 valence electrons. The molecule has 0 fully saturated rings. The first-order chi connectivity index (χ1) is 9.58. The second-order valence-electron chi connectivity index (χ2n) is 5.15. The van der Waals surface area contributed by atoms with Gasteiger partial charge in [-0.25, -0.2) is 9.37 Å². The molecule has 0 saturated carbocycles. The monoisotopic (exact) mass is 275 g/mol. The van der Waals surface area contributed by atoms with Crippen LogP contribution < -0.4 is 5.73 Å². The first-order valence-electron chi connectivity index (χ1n) is 7.19. The highest BCUT2D eigenvalue weighted by molar-refractivity contribution is 5.72. The number of anilines is 1. The molecule has 1 heterocycles. The van der Waals surface area contributed by atoms with Crippen molar-refractivity contribution in [3.63, 3.8) is 0 Å². The minimum Gasteiger partial charge on any atom is -0.383 e. The number of nitrogen functional groups attached to an aromatic ring is 1. The molecule has 0 radical (unpaired) electrons. The number of hydrogen-bond donors (Lipinski definition) is 1. The molecule has 2 aromatic rings. The third-order valence-electron chi connectivity index (χ3n) is 3.38. The first kappa shape index (κ1) is 14.6. The van der Waals surface area contributed by atoms with Gasteiger partial charge in [0.05, 0.1) is 0 Å². The number of imidazole rings is 1. The fraction of sp³-hybridized carbons (Fsp3) is 0.438. The number of aryl methyl sites for hydroxylation is 2. The summed E-state index contributed by atoms with van der Waals surface area (Å²) in [5.41, 5.74) is 8.28. The lowest BCUT2D eigenvalue weighted by atomic mass is 10.1. The molecule has 0 amide bonds. The maximum Gasteiger partial charge on any atom is 0.132 e. The standard InChI is InChI=1S/C16H22FN3/c1-4-6-14-19-15(16(18)20(14)9-5-2)12-10-11(3)7-8-13(12)17/h7-8,10H,4-6,9,18H2,1-3H3. The van der Waals surface area contributed by atoms with Gasteiger partial charge in [0.1, 0.15) is 23.2 Å². The van der Waals surface area contributed by atoms with Crippen LogP contribution in [0.5, 0.6) is 0 Å². The van der Waals surface area contributed by atoms with Crippen LogP contribution in [0, 0.1) is 12.7 Å². The SMILES string of the molecule is CCCc1nc(-c2cc(C)ccc2F)c(N)n1CCC. The normalized spacial score (nSPS) is 11.0. The zero-order chi connectivity index (χ0) is 14.7. The molecule has 4 heteroatoms. The predicted octanol–water partition coefficient (Wildman–Crippen LogP) is 3.94. The molecule has 0 aliphatic heterocycles. The predicted molar refractivity (Wildman–Crippen MR) is 81.1 cm³/mol. The number of halogens is 1. The summed E-state index contributed by atoms with van der Waals surface area (Å²) in [6.07, 6.45) is 2.83. The molecule has 3 nitrogen and oxygen atoms in total. The van der Waals surface area contributed by atoms with Crippen LogP contribution in [0.3, 0.4) is 0 Å². The molecule has 2 rings (SSSR count). The van der Waals surface area contributed by atoms with Gasteiger partial charge in [0.25, 0.3) is 0 Å². The summed E-state index contributed by atoms with van der Waals surface area (Å²) in [6.45, 7) is 6.97. The van der Waals surface area contributed by atoms with Crippen LogP contribution in [0.1, 0.15) is 38.1 Å². The van der Waals surface area contributed by atoms with Crippen LogP contribution >= 0.6 is 0 Å². The van der Waals surface area contributed by atoms with Gasteiger partial charge in [-0.2, -0.15) is 0 Å². The summed E-state index contributed by atoms with van der Waals surface area (Å²) >= 11 is 0. The maximum absolute atomic E-state index is 14.0. The van der Waals surface area contributed by atoms with E-state index >= 15 is 0 Å². The average Bonchev–Trinajstić information content (AvgIpc) is 2.71. The zero-order valence-corrected chi connectivity index (χ0v) is 12.4. The van der Waals surface area contributed by atoms with E-state index in [-0.39, 0.29) is 5.82 Å². The molecular formula is C16H22FN3. The summed E-state index contributed by atoms with van der Waals surface area (Å²) in [6, 6.07) is 5.04. The number of benzene rings is 1. The molecule has 0 aliphatic carbocycles. The topological polar surface area (TPSA) is 43.8 Å². The average molecular weight is 275 g/mol. The third-order valence-corrected chi connectivity index (χ3v) is 3.38. The summed E-state index contributed by atoms with van der Waals surface area (Å²) in [7, 11) is 0. The van der Waals surface area contributed by atoms with E-state index in [2.05, 4.69) is 18.8 Å². The lowest BCUT2D eigenvalue weighted by Gasteiger charge is -2.07. The molecule has 1 aromatic heterocycles. The van der Waals surface area contributed by atoms with Gasteiger partial charge in [-0.15, -0.1) is 0 Å². The number of rotatable bonds is 5. The van der Waals surface area contributed by atoms with Crippen molar-refractivity contribution in [1.29, 1.82) is 0 Å². The third kappa shape index (κ3) is 2.69. The van der Waals surface area contributed by atoms with Crippen molar-refractivity contribution in [2.75, 3.05) is 5.73 Å². The summed E-state index contributed by atoms with van der Waals surface area (Å²) in [5.74, 6) is 1.24. The van der Waals surface area contributed by atoms with Crippen molar-refractivity contribution in [3.8, 4) is 11.3 Å². The molecule has 0 saturated heterocycles. The molecule has 0 unspecified atom stereocenters. The highest BCUT2D eigenvalue weighted by atomic mass is 19.1. The fourth-order valence-corrected chi connectivity index (χ4v) is 2.42. The molecule has 20 heavy (non-hydrogen) atoms. The Morgan fingerprint density at radius 2 is 2.00 bits per heavy atom. The number of hydrogen-bond acceptors (Lipinski definition) is 2. The second kappa shape index (κ2) is 6.07. The van der Waals surface area contributed by atoms with Gasteiger partial charge >= 0.3 is 0 Å². The fourth-order valence-electron chi connectivity index (χ4n) is 2.42.